The van der Waals surface area contributed by atoms with Crippen molar-refractivity contribution in [2.24, 2.45) is 11.8 Å². The van der Waals surface area contributed by atoms with Crippen LogP contribution in [0.1, 0.15) is 12.8 Å². The van der Waals surface area contributed by atoms with Gasteiger partial charge in [-0.1, -0.05) is 11.6 Å². The number of hydrogen-bond acceptors (Lipinski definition) is 8. The van der Waals surface area contributed by atoms with E-state index in [4.69, 9.17) is 31.2 Å². The van der Waals surface area contributed by atoms with Crippen molar-refractivity contribution in [3.8, 4) is 17.6 Å². The van der Waals surface area contributed by atoms with Gasteiger partial charge in [0.15, 0.2) is 0 Å². The third-order valence-corrected chi connectivity index (χ3v) is 8.65. The van der Waals surface area contributed by atoms with Gasteiger partial charge >= 0.3 is 6.01 Å². The highest BCUT2D eigenvalue weighted by atomic mass is 35.5. The minimum atomic E-state index is -0.499. The topological polar surface area (TPSA) is 90.2 Å². The molecule has 0 radical (unpaired) electrons. The van der Waals surface area contributed by atoms with Crippen LogP contribution in [0.5, 0.6) is 17.6 Å². The van der Waals surface area contributed by atoms with Crippen LogP contribution in [-0.4, -0.2) is 90.4 Å². The molecule has 1 saturated carbocycles. The van der Waals surface area contributed by atoms with Crippen molar-refractivity contribution in [2.45, 2.75) is 29.3 Å². The summed E-state index contributed by atoms with van der Waals surface area (Å²) in [5.41, 5.74) is 1.02. The fourth-order valence-electron chi connectivity index (χ4n) is 5.18. The summed E-state index contributed by atoms with van der Waals surface area (Å²) >= 11 is 6.00. The molecule has 2 aliphatic rings. The standard InChI is InChI=1S/C22H30B5ClFN7O2/c1-37-17-6-13(8-30-33-17)35-9-11-2-3-12(10-35)18(11)31-19-32-20(36(34-19)22(26,27)21(23,24)25)38-14-4-5-16(29)15(28)7-14/h4-8,11-12,18H,2-3,9-10,23-27H2,1H3,(H,31,34)/t11-,12+,18-. The molecule has 5 rings (SSSR count). The SMILES string of the molecule is BC(B)(B)C(B)(B)n1nc(N[C@@H]2[C@@H]3CC[C@H]2CN(c2cnnc(OC)c2)C3)nc1Oc1ccc(F)c(Cl)c1. The van der Waals surface area contributed by atoms with Crippen LogP contribution in [0, 0.1) is 17.7 Å². The number of benzene rings is 1. The smallest absolute Gasteiger partial charge is 0.321 e. The van der Waals surface area contributed by atoms with Crippen molar-refractivity contribution in [3.05, 3.63) is 41.3 Å². The highest BCUT2D eigenvalue weighted by Gasteiger charge is 2.44. The van der Waals surface area contributed by atoms with E-state index in [-0.39, 0.29) is 16.2 Å². The number of rotatable bonds is 8. The number of ether oxygens (including phenoxy) is 2. The average Bonchev–Trinajstić information content (AvgIpc) is 3.36. The first-order chi connectivity index (χ1) is 18.0. The monoisotopic (exact) mass is 533 g/mol. The van der Waals surface area contributed by atoms with Crippen LogP contribution in [0.15, 0.2) is 30.5 Å². The molecule has 2 aromatic heterocycles. The number of hydrogen-bond donors (Lipinski definition) is 1. The summed E-state index contributed by atoms with van der Waals surface area (Å²) in [7, 11) is 12.3. The molecule has 1 aromatic carbocycles. The molecule has 0 unspecified atom stereocenters. The van der Waals surface area contributed by atoms with Crippen molar-refractivity contribution in [1.29, 1.82) is 0 Å². The lowest BCUT2D eigenvalue weighted by Crippen LogP contribution is -2.49. The lowest BCUT2D eigenvalue weighted by molar-refractivity contribution is 0.372. The van der Waals surface area contributed by atoms with E-state index in [1.807, 2.05) is 10.7 Å². The van der Waals surface area contributed by atoms with Crippen LogP contribution >= 0.6 is 11.6 Å². The van der Waals surface area contributed by atoms with Gasteiger partial charge in [-0.3, -0.25) is 0 Å². The Morgan fingerprint density at radius 1 is 1.11 bits per heavy atom. The summed E-state index contributed by atoms with van der Waals surface area (Å²) in [6.07, 6.45) is 4.04. The highest BCUT2D eigenvalue weighted by molar-refractivity contribution is 6.66. The van der Waals surface area contributed by atoms with Gasteiger partial charge in [0.2, 0.25) is 11.8 Å². The maximum absolute atomic E-state index is 13.7. The summed E-state index contributed by atoms with van der Waals surface area (Å²) < 4.78 is 26.9. The first-order valence-corrected chi connectivity index (χ1v) is 13.3. The zero-order chi connectivity index (χ0) is 27.2. The molecule has 16 heteroatoms. The van der Waals surface area contributed by atoms with Gasteiger partial charge in [0, 0.05) is 31.3 Å². The number of halogens is 2. The molecule has 0 spiro atoms. The molecule has 1 saturated heterocycles. The molecular formula is C22H30B5ClFN7O2. The Kier molecular flexibility index (Phi) is 7.09. The summed E-state index contributed by atoms with van der Waals surface area (Å²) in [4.78, 5) is 7.12. The normalized spacial score (nSPS) is 21.3. The van der Waals surface area contributed by atoms with E-state index in [1.165, 1.54) is 18.2 Å². The number of aromatic nitrogens is 5. The molecular weight excluding hydrogens is 503 g/mol. The first kappa shape index (κ1) is 26.8. The van der Waals surface area contributed by atoms with Gasteiger partial charge in [-0.25, -0.2) is 9.07 Å². The van der Waals surface area contributed by atoms with E-state index in [1.54, 1.807) is 13.3 Å². The van der Waals surface area contributed by atoms with Gasteiger partial charge in [0.25, 0.3) is 0 Å². The van der Waals surface area contributed by atoms with E-state index in [2.05, 4.69) is 59.6 Å². The quantitative estimate of drug-likeness (QED) is 0.363. The summed E-state index contributed by atoms with van der Waals surface area (Å²) in [6.45, 7) is 1.79. The number of anilines is 2. The molecule has 1 N–H and O–H groups in total. The predicted molar refractivity (Wildman–Crippen MR) is 159 cm³/mol. The molecule has 3 aromatic rings. The van der Waals surface area contributed by atoms with Crippen molar-refractivity contribution >= 4 is 62.5 Å². The van der Waals surface area contributed by atoms with Gasteiger partial charge in [0.1, 0.15) is 27.3 Å². The minimum Gasteiger partial charge on any atom is -0.480 e. The molecule has 1 aliphatic heterocycles. The zero-order valence-electron chi connectivity index (χ0n) is 22.7. The fourth-order valence-corrected chi connectivity index (χ4v) is 5.35. The molecule has 1 aliphatic carbocycles. The molecule has 38 heavy (non-hydrogen) atoms. The summed E-state index contributed by atoms with van der Waals surface area (Å²) in [5.74, 6) is 1.79. The van der Waals surface area contributed by atoms with E-state index >= 15 is 0 Å². The Balaban J connectivity index is 1.39. The first-order valence-electron chi connectivity index (χ1n) is 12.9. The maximum Gasteiger partial charge on any atom is 0.321 e. The van der Waals surface area contributed by atoms with Gasteiger partial charge in [0.05, 0.1) is 47.6 Å². The van der Waals surface area contributed by atoms with Crippen molar-refractivity contribution < 1.29 is 13.9 Å². The molecule has 3 heterocycles. The second-order valence-electron chi connectivity index (χ2n) is 11.7. The van der Waals surface area contributed by atoms with Gasteiger partial charge < -0.3 is 19.7 Å². The second kappa shape index (κ2) is 10.1. The molecule has 0 amide bonds. The second-order valence-corrected chi connectivity index (χ2v) is 12.2. The molecule has 2 bridgehead atoms. The van der Waals surface area contributed by atoms with E-state index in [9.17, 15) is 4.39 Å². The Morgan fingerprint density at radius 2 is 1.82 bits per heavy atom. The Labute approximate surface area is 231 Å². The maximum atomic E-state index is 13.7. The van der Waals surface area contributed by atoms with Gasteiger partial charge in [-0.2, -0.15) is 10.1 Å². The molecule has 3 atom stereocenters. The highest BCUT2D eigenvalue weighted by Crippen LogP contribution is 2.41. The fraction of sp³-hybridized carbons (Fsp3) is 0.455. The average molecular weight is 533 g/mol. The number of fused-ring (bicyclic) bond motifs is 2. The Hall–Kier alpha value is -2.82. The van der Waals surface area contributed by atoms with Crippen LogP contribution in [0.3, 0.4) is 0 Å². The summed E-state index contributed by atoms with van der Waals surface area (Å²) in [5, 5.41) is 16.0. The number of nitrogens with zero attached hydrogens (tertiary/aromatic N) is 6. The largest absolute Gasteiger partial charge is 0.480 e. The third-order valence-electron chi connectivity index (χ3n) is 8.36. The number of piperidine rings is 1. The lowest BCUT2D eigenvalue weighted by atomic mass is 9.26. The van der Waals surface area contributed by atoms with Crippen molar-refractivity contribution in [3.63, 3.8) is 0 Å². The van der Waals surface area contributed by atoms with Crippen LogP contribution in [-0.2, 0) is 5.34 Å². The van der Waals surface area contributed by atoms with Gasteiger partial charge in [-0.15, -0.1) is 15.3 Å². The third kappa shape index (κ3) is 5.09. The van der Waals surface area contributed by atoms with Crippen LogP contribution in [0.2, 0.25) is 10.1 Å². The molecule has 2 fully saturated rings. The predicted octanol–water partition coefficient (Wildman–Crippen LogP) is -1.16. The van der Waals surface area contributed by atoms with Gasteiger partial charge in [-0.05, 0) is 42.1 Å². The molecule has 194 valence electrons. The minimum absolute atomic E-state index is 0.00709. The Morgan fingerprint density at radius 3 is 2.45 bits per heavy atom. The van der Waals surface area contributed by atoms with E-state index < -0.39 is 11.2 Å². The number of methoxy groups -OCH3 is 1. The van der Waals surface area contributed by atoms with Crippen LogP contribution < -0.4 is 19.7 Å². The lowest BCUT2D eigenvalue weighted by Gasteiger charge is -2.40. The van der Waals surface area contributed by atoms with E-state index in [0.29, 0.717) is 35.4 Å². The summed E-state index contributed by atoms with van der Waals surface area (Å²) in [6, 6.07) is 6.77. The van der Waals surface area contributed by atoms with E-state index in [0.717, 1.165) is 31.6 Å². The zero-order valence-corrected chi connectivity index (χ0v) is 23.5. The van der Waals surface area contributed by atoms with Crippen LogP contribution in [0.25, 0.3) is 0 Å². The Bertz CT molecular complexity index is 1310. The van der Waals surface area contributed by atoms with Crippen molar-refractivity contribution in [2.75, 3.05) is 30.4 Å². The number of nitrogens with one attached hydrogen (secondary N) is 1. The van der Waals surface area contributed by atoms with Crippen LogP contribution in [0.4, 0.5) is 16.0 Å². The van der Waals surface area contributed by atoms with Crippen molar-refractivity contribution in [1.82, 2.24) is 25.0 Å². The molecule has 9 nitrogen and oxygen atoms in total.